The van der Waals surface area contributed by atoms with Gasteiger partial charge in [-0.2, -0.15) is 0 Å². The number of carboxylic acid groups (broad SMARTS) is 1. The highest BCUT2D eigenvalue weighted by Gasteiger charge is 2.38. The molecule has 2 N–H and O–H groups in total. The van der Waals surface area contributed by atoms with E-state index in [1.54, 1.807) is 6.07 Å². The number of fused-ring (bicyclic) bond motifs is 1. The molecule has 0 aliphatic carbocycles. The van der Waals surface area contributed by atoms with Crippen molar-refractivity contribution in [2.24, 2.45) is 5.92 Å². The van der Waals surface area contributed by atoms with Gasteiger partial charge >= 0.3 is 5.97 Å². The average molecular weight is 373 g/mol. The summed E-state index contributed by atoms with van der Waals surface area (Å²) in [6.07, 6.45) is 4.46. The fourth-order valence-electron chi connectivity index (χ4n) is 3.78. The molecule has 0 radical (unpaired) electrons. The van der Waals surface area contributed by atoms with Crippen LogP contribution in [0.2, 0.25) is 5.02 Å². The summed E-state index contributed by atoms with van der Waals surface area (Å²) in [5.41, 5.74) is 1.76. The van der Waals surface area contributed by atoms with Crippen molar-refractivity contribution in [2.75, 3.05) is 23.3 Å². The molecular weight excluding hydrogens is 356 g/mol. The van der Waals surface area contributed by atoms with Gasteiger partial charge in [-0.1, -0.05) is 17.7 Å². The Morgan fingerprint density at radius 1 is 1.23 bits per heavy atom. The van der Waals surface area contributed by atoms with Crippen molar-refractivity contribution in [1.29, 1.82) is 0 Å². The molecule has 1 aromatic heterocycles. The highest BCUT2D eigenvalue weighted by molar-refractivity contribution is 6.31. The molecule has 2 aromatic rings. The lowest BCUT2D eigenvalue weighted by atomic mass is 9.81. The number of halogens is 1. The van der Waals surface area contributed by atoms with Gasteiger partial charge in [0.2, 0.25) is 5.91 Å². The Labute approximate surface area is 155 Å². The fourth-order valence-corrected chi connectivity index (χ4v) is 3.96. The van der Waals surface area contributed by atoms with Crippen molar-refractivity contribution >= 4 is 35.0 Å². The van der Waals surface area contributed by atoms with E-state index in [0.717, 1.165) is 37.2 Å². The molecule has 134 valence electrons. The van der Waals surface area contributed by atoms with Crippen molar-refractivity contribution in [3.63, 3.8) is 0 Å². The SMILES string of the molecule is O=C(O)c1cnc(N2CCC(C3C(=O)Nc4cc(Cl)ccc43)CC2)cn1. The predicted octanol–water partition coefficient (Wildman–Crippen LogP) is 2.78. The number of aromatic carboxylic acids is 1. The molecule has 3 heterocycles. The normalized spacial score (nSPS) is 20.0. The molecule has 0 spiro atoms. The summed E-state index contributed by atoms with van der Waals surface area (Å²) in [6, 6.07) is 5.55. The first kappa shape index (κ1) is 16.8. The molecule has 8 heteroatoms. The van der Waals surface area contributed by atoms with Crippen LogP contribution in [0, 0.1) is 5.92 Å². The van der Waals surface area contributed by atoms with Gasteiger partial charge in [0.25, 0.3) is 0 Å². The molecule has 7 nitrogen and oxygen atoms in total. The number of carboxylic acids is 1. The molecular formula is C18H17ClN4O3. The summed E-state index contributed by atoms with van der Waals surface area (Å²) in [6.45, 7) is 1.50. The summed E-state index contributed by atoms with van der Waals surface area (Å²) >= 11 is 6.01. The highest BCUT2D eigenvalue weighted by atomic mass is 35.5. The summed E-state index contributed by atoms with van der Waals surface area (Å²) < 4.78 is 0. The van der Waals surface area contributed by atoms with E-state index in [1.165, 1.54) is 12.4 Å². The lowest BCUT2D eigenvalue weighted by Crippen LogP contribution is -2.37. The van der Waals surface area contributed by atoms with Gasteiger partial charge in [0.15, 0.2) is 5.69 Å². The Kier molecular flexibility index (Phi) is 4.24. The van der Waals surface area contributed by atoms with Gasteiger partial charge in [0.05, 0.1) is 18.3 Å². The second-order valence-electron chi connectivity index (χ2n) is 6.59. The van der Waals surface area contributed by atoms with Crippen LogP contribution in [0.4, 0.5) is 11.5 Å². The number of benzene rings is 1. The largest absolute Gasteiger partial charge is 0.476 e. The van der Waals surface area contributed by atoms with Crippen LogP contribution >= 0.6 is 11.6 Å². The van der Waals surface area contributed by atoms with E-state index in [4.69, 9.17) is 16.7 Å². The number of amides is 1. The van der Waals surface area contributed by atoms with Crippen LogP contribution in [0.25, 0.3) is 0 Å². The zero-order chi connectivity index (χ0) is 18.3. The third kappa shape index (κ3) is 2.99. The van der Waals surface area contributed by atoms with Crippen LogP contribution in [0.3, 0.4) is 0 Å². The Morgan fingerprint density at radius 3 is 2.65 bits per heavy atom. The summed E-state index contributed by atoms with van der Waals surface area (Å²) in [5, 5.41) is 12.4. The van der Waals surface area contributed by atoms with E-state index < -0.39 is 5.97 Å². The zero-order valence-corrected chi connectivity index (χ0v) is 14.6. The molecule has 1 amide bonds. The minimum Gasteiger partial charge on any atom is -0.476 e. The van der Waals surface area contributed by atoms with Crippen LogP contribution < -0.4 is 10.2 Å². The first-order chi connectivity index (χ1) is 12.5. The van der Waals surface area contributed by atoms with Crippen molar-refractivity contribution in [2.45, 2.75) is 18.8 Å². The van der Waals surface area contributed by atoms with Crippen molar-refractivity contribution in [1.82, 2.24) is 9.97 Å². The number of piperidine rings is 1. The maximum atomic E-state index is 12.4. The number of hydrogen-bond acceptors (Lipinski definition) is 5. The zero-order valence-electron chi connectivity index (χ0n) is 13.9. The van der Waals surface area contributed by atoms with E-state index in [2.05, 4.69) is 20.2 Å². The average Bonchev–Trinajstić information content (AvgIpc) is 2.96. The third-order valence-corrected chi connectivity index (χ3v) is 5.32. The molecule has 26 heavy (non-hydrogen) atoms. The summed E-state index contributed by atoms with van der Waals surface area (Å²) in [4.78, 5) is 33.5. The molecule has 2 aliphatic rings. The van der Waals surface area contributed by atoms with E-state index in [1.807, 2.05) is 12.1 Å². The number of hydrogen-bond donors (Lipinski definition) is 2. The minimum atomic E-state index is -1.09. The number of anilines is 2. The second-order valence-corrected chi connectivity index (χ2v) is 7.02. The first-order valence-corrected chi connectivity index (χ1v) is 8.81. The van der Waals surface area contributed by atoms with E-state index >= 15 is 0 Å². The van der Waals surface area contributed by atoms with Gasteiger partial charge in [-0.15, -0.1) is 0 Å². The Bertz CT molecular complexity index is 863. The van der Waals surface area contributed by atoms with Crippen LogP contribution in [-0.4, -0.2) is 40.0 Å². The molecule has 0 saturated carbocycles. The molecule has 1 unspecified atom stereocenters. The lowest BCUT2D eigenvalue weighted by Gasteiger charge is -2.34. The van der Waals surface area contributed by atoms with Gasteiger partial charge in [0, 0.05) is 23.8 Å². The Morgan fingerprint density at radius 2 is 2.00 bits per heavy atom. The minimum absolute atomic E-state index is 0.0336. The van der Waals surface area contributed by atoms with E-state index in [0.29, 0.717) is 10.8 Å². The van der Waals surface area contributed by atoms with Gasteiger partial charge in [0.1, 0.15) is 5.82 Å². The Balaban J connectivity index is 1.46. The summed E-state index contributed by atoms with van der Waals surface area (Å²) in [7, 11) is 0. The maximum Gasteiger partial charge on any atom is 0.356 e. The molecule has 1 saturated heterocycles. The molecule has 0 bridgehead atoms. The number of nitrogens with zero attached hydrogens (tertiary/aromatic N) is 3. The monoisotopic (exact) mass is 372 g/mol. The molecule has 2 aliphatic heterocycles. The van der Waals surface area contributed by atoms with E-state index in [-0.39, 0.29) is 23.4 Å². The predicted molar refractivity (Wildman–Crippen MR) is 96.8 cm³/mol. The van der Waals surface area contributed by atoms with Gasteiger partial charge in [-0.3, -0.25) is 4.79 Å². The number of aromatic nitrogens is 2. The number of rotatable bonds is 3. The molecule has 1 aromatic carbocycles. The van der Waals surface area contributed by atoms with Crippen molar-refractivity contribution in [3.05, 3.63) is 46.9 Å². The van der Waals surface area contributed by atoms with Crippen LogP contribution in [0.5, 0.6) is 0 Å². The standard InChI is InChI=1S/C18H17ClN4O3/c19-11-1-2-12-13(7-11)22-17(24)16(12)10-3-5-23(6-4-10)15-9-20-14(8-21-15)18(25)26/h1-2,7-10,16H,3-6H2,(H,22,24)(H,25,26). The lowest BCUT2D eigenvalue weighted by molar-refractivity contribution is -0.118. The highest BCUT2D eigenvalue weighted by Crippen LogP contribution is 2.42. The summed E-state index contributed by atoms with van der Waals surface area (Å²) in [5.74, 6) is -0.290. The molecule has 1 fully saturated rings. The van der Waals surface area contributed by atoms with Crippen molar-refractivity contribution in [3.8, 4) is 0 Å². The van der Waals surface area contributed by atoms with E-state index in [9.17, 15) is 9.59 Å². The third-order valence-electron chi connectivity index (χ3n) is 5.08. The topological polar surface area (TPSA) is 95.4 Å². The fraction of sp³-hybridized carbons (Fsp3) is 0.333. The van der Waals surface area contributed by atoms with Gasteiger partial charge in [-0.25, -0.2) is 14.8 Å². The first-order valence-electron chi connectivity index (χ1n) is 8.43. The smallest absolute Gasteiger partial charge is 0.356 e. The molecule has 1 atom stereocenters. The van der Waals surface area contributed by atoms with Gasteiger partial charge < -0.3 is 15.3 Å². The molecule has 4 rings (SSSR count). The number of carbonyl (C=O) groups is 2. The van der Waals surface area contributed by atoms with Crippen LogP contribution in [0.15, 0.2) is 30.6 Å². The van der Waals surface area contributed by atoms with Crippen molar-refractivity contribution < 1.29 is 14.7 Å². The quantitative estimate of drug-likeness (QED) is 0.860. The van der Waals surface area contributed by atoms with Crippen LogP contribution in [0.1, 0.15) is 34.8 Å². The van der Waals surface area contributed by atoms with Gasteiger partial charge in [-0.05, 0) is 36.5 Å². The second kappa shape index (κ2) is 6.57. The maximum absolute atomic E-state index is 12.4. The number of carbonyl (C=O) groups excluding carboxylic acids is 1. The number of nitrogens with one attached hydrogen (secondary N) is 1. The Hall–Kier alpha value is -2.67. The van der Waals surface area contributed by atoms with Crippen LogP contribution in [-0.2, 0) is 4.79 Å².